The lowest BCUT2D eigenvalue weighted by Crippen LogP contribution is -2.40. The molecule has 0 aliphatic rings. The van der Waals surface area contributed by atoms with E-state index in [2.05, 4.69) is 5.32 Å². The van der Waals surface area contributed by atoms with Crippen LogP contribution in [-0.4, -0.2) is 26.9 Å². The van der Waals surface area contributed by atoms with Crippen molar-refractivity contribution in [1.82, 2.24) is 9.13 Å². The monoisotopic (exact) mass is 345 g/mol. The number of ketones is 1. The summed E-state index contributed by atoms with van der Waals surface area (Å²) in [5.74, 6) is -0.302. The van der Waals surface area contributed by atoms with Crippen molar-refractivity contribution >= 4 is 17.4 Å². The molecule has 8 nitrogen and oxygen atoms in total. The number of benzene rings is 1. The number of aromatic nitrogens is 2. The van der Waals surface area contributed by atoms with Crippen LogP contribution < -0.4 is 21.3 Å². The van der Waals surface area contributed by atoms with Crippen LogP contribution in [0.15, 0.2) is 40.1 Å². The SMILES string of the molecule is CC(=O)c1cccc(O[C@@H](C)C(=O)Nc2cn(C)c(=O)n(C)c2=O)c1. The molecule has 0 saturated carbocycles. The van der Waals surface area contributed by atoms with E-state index >= 15 is 0 Å². The third kappa shape index (κ3) is 4.03. The van der Waals surface area contributed by atoms with Crippen molar-refractivity contribution in [3.8, 4) is 5.75 Å². The second kappa shape index (κ2) is 7.16. The Labute approximate surface area is 143 Å². The van der Waals surface area contributed by atoms with Crippen LogP contribution in [0.2, 0.25) is 0 Å². The maximum atomic E-state index is 12.3. The number of hydrogen-bond acceptors (Lipinski definition) is 5. The van der Waals surface area contributed by atoms with Gasteiger partial charge in [0.2, 0.25) is 0 Å². The Balaban J connectivity index is 2.16. The Bertz CT molecular complexity index is 942. The van der Waals surface area contributed by atoms with E-state index in [0.29, 0.717) is 11.3 Å². The number of rotatable bonds is 5. The Morgan fingerprint density at radius 1 is 1.20 bits per heavy atom. The van der Waals surface area contributed by atoms with Crippen LogP contribution in [0.25, 0.3) is 0 Å². The van der Waals surface area contributed by atoms with E-state index in [-0.39, 0.29) is 11.5 Å². The Kier molecular flexibility index (Phi) is 5.21. The van der Waals surface area contributed by atoms with E-state index in [1.54, 1.807) is 18.2 Å². The van der Waals surface area contributed by atoms with Gasteiger partial charge in [-0.2, -0.15) is 0 Å². The quantitative estimate of drug-likeness (QED) is 0.804. The average molecular weight is 345 g/mol. The predicted molar refractivity (Wildman–Crippen MR) is 92.1 cm³/mol. The molecular formula is C17H19N3O5. The molecule has 132 valence electrons. The summed E-state index contributed by atoms with van der Waals surface area (Å²) < 4.78 is 7.62. The molecule has 0 aliphatic heterocycles. The fourth-order valence-corrected chi connectivity index (χ4v) is 2.17. The van der Waals surface area contributed by atoms with E-state index in [4.69, 9.17) is 4.74 Å². The Morgan fingerprint density at radius 3 is 2.52 bits per heavy atom. The second-order valence-corrected chi connectivity index (χ2v) is 5.63. The van der Waals surface area contributed by atoms with Gasteiger partial charge >= 0.3 is 5.69 Å². The highest BCUT2D eigenvalue weighted by Gasteiger charge is 2.18. The number of nitrogens with zero attached hydrogens (tertiary/aromatic N) is 2. The van der Waals surface area contributed by atoms with Gasteiger partial charge in [-0.1, -0.05) is 12.1 Å². The molecule has 1 heterocycles. The number of anilines is 1. The fourth-order valence-electron chi connectivity index (χ4n) is 2.17. The first-order valence-electron chi connectivity index (χ1n) is 7.56. The molecule has 8 heteroatoms. The molecule has 2 aromatic rings. The molecular weight excluding hydrogens is 326 g/mol. The zero-order chi connectivity index (χ0) is 18.7. The minimum atomic E-state index is -0.913. The van der Waals surface area contributed by atoms with Crippen molar-refractivity contribution in [3.63, 3.8) is 0 Å². The van der Waals surface area contributed by atoms with Crippen LogP contribution in [0.3, 0.4) is 0 Å². The molecule has 1 N–H and O–H groups in total. The van der Waals surface area contributed by atoms with Gasteiger partial charge in [-0.05, 0) is 26.0 Å². The van der Waals surface area contributed by atoms with Crippen LogP contribution in [0, 0.1) is 0 Å². The summed E-state index contributed by atoms with van der Waals surface area (Å²) in [7, 11) is 2.80. The average Bonchev–Trinajstić information content (AvgIpc) is 2.57. The van der Waals surface area contributed by atoms with Crippen molar-refractivity contribution in [1.29, 1.82) is 0 Å². The normalized spacial score (nSPS) is 11.7. The summed E-state index contributed by atoms with van der Waals surface area (Å²) in [6.45, 7) is 2.95. The second-order valence-electron chi connectivity index (χ2n) is 5.63. The van der Waals surface area contributed by atoms with E-state index in [1.807, 2.05) is 0 Å². The van der Waals surface area contributed by atoms with E-state index < -0.39 is 23.3 Å². The molecule has 1 aromatic heterocycles. The first kappa shape index (κ1) is 18.2. The number of carbonyl (C=O) groups is 2. The van der Waals surface area contributed by atoms with Gasteiger partial charge in [-0.25, -0.2) is 4.79 Å². The molecule has 1 atom stereocenters. The highest BCUT2D eigenvalue weighted by molar-refractivity contribution is 5.95. The van der Waals surface area contributed by atoms with E-state index in [9.17, 15) is 19.2 Å². The number of hydrogen-bond donors (Lipinski definition) is 1. The van der Waals surface area contributed by atoms with Gasteiger partial charge in [-0.3, -0.25) is 19.0 Å². The maximum absolute atomic E-state index is 12.3. The lowest BCUT2D eigenvalue weighted by molar-refractivity contribution is -0.122. The van der Waals surface area contributed by atoms with Crippen molar-refractivity contribution in [2.45, 2.75) is 20.0 Å². The van der Waals surface area contributed by atoms with Gasteiger partial charge in [-0.15, -0.1) is 0 Å². The summed E-state index contributed by atoms with van der Waals surface area (Å²) in [4.78, 5) is 47.3. The predicted octanol–water partition coefficient (Wildman–Crippen LogP) is 0.693. The van der Waals surface area contributed by atoms with Crippen molar-refractivity contribution < 1.29 is 14.3 Å². The molecule has 0 fully saturated rings. The number of ether oxygens (including phenoxy) is 1. The number of aryl methyl sites for hydroxylation is 1. The first-order chi connectivity index (χ1) is 11.7. The smallest absolute Gasteiger partial charge is 0.330 e. The van der Waals surface area contributed by atoms with E-state index in [0.717, 1.165) is 4.57 Å². The van der Waals surface area contributed by atoms with Crippen LogP contribution in [0.5, 0.6) is 5.75 Å². The summed E-state index contributed by atoms with van der Waals surface area (Å²) >= 11 is 0. The largest absolute Gasteiger partial charge is 0.481 e. The number of amides is 1. The molecule has 0 bridgehead atoms. The van der Waals surface area contributed by atoms with Gasteiger partial charge < -0.3 is 14.6 Å². The van der Waals surface area contributed by atoms with Crippen LogP contribution >= 0.6 is 0 Å². The first-order valence-corrected chi connectivity index (χ1v) is 7.56. The molecule has 0 saturated heterocycles. The third-order valence-electron chi connectivity index (χ3n) is 3.63. The van der Waals surface area contributed by atoms with Crippen LogP contribution in [-0.2, 0) is 18.9 Å². The molecule has 0 radical (unpaired) electrons. The topological polar surface area (TPSA) is 99.4 Å². The minimum Gasteiger partial charge on any atom is -0.481 e. The van der Waals surface area contributed by atoms with Gasteiger partial charge in [0.25, 0.3) is 11.5 Å². The Hall–Kier alpha value is -3.16. The molecule has 0 unspecified atom stereocenters. The van der Waals surface area contributed by atoms with Gasteiger partial charge in [0, 0.05) is 25.9 Å². The van der Waals surface area contributed by atoms with Gasteiger partial charge in [0.1, 0.15) is 11.4 Å². The van der Waals surface area contributed by atoms with E-state index in [1.165, 1.54) is 44.8 Å². The molecule has 1 aromatic carbocycles. The highest BCUT2D eigenvalue weighted by atomic mass is 16.5. The minimum absolute atomic E-state index is 0.0254. The summed E-state index contributed by atoms with van der Waals surface area (Å²) in [6, 6.07) is 6.46. The highest BCUT2D eigenvalue weighted by Crippen LogP contribution is 2.15. The zero-order valence-electron chi connectivity index (χ0n) is 14.4. The third-order valence-corrected chi connectivity index (χ3v) is 3.63. The molecule has 0 aliphatic carbocycles. The summed E-state index contributed by atoms with van der Waals surface area (Å²) in [5, 5.41) is 2.45. The van der Waals surface area contributed by atoms with Gasteiger partial charge in [0.15, 0.2) is 11.9 Å². The lowest BCUT2D eigenvalue weighted by atomic mass is 10.1. The van der Waals surface area contributed by atoms with Crippen LogP contribution in [0.1, 0.15) is 24.2 Å². The molecule has 1 amide bonds. The van der Waals surface area contributed by atoms with Crippen molar-refractivity contribution in [3.05, 3.63) is 56.9 Å². The Morgan fingerprint density at radius 2 is 1.88 bits per heavy atom. The van der Waals surface area contributed by atoms with Crippen LogP contribution in [0.4, 0.5) is 5.69 Å². The zero-order valence-corrected chi connectivity index (χ0v) is 14.4. The summed E-state index contributed by atoms with van der Waals surface area (Å²) in [6.07, 6.45) is 0.343. The molecule has 2 rings (SSSR count). The lowest BCUT2D eigenvalue weighted by Gasteiger charge is -2.15. The van der Waals surface area contributed by atoms with Gasteiger partial charge in [0.05, 0.1) is 0 Å². The standard InChI is InChI=1S/C17H19N3O5/c1-10(21)12-6-5-7-13(8-12)25-11(2)15(22)18-14-9-19(3)17(24)20(4)16(14)23/h5-9,11H,1-4H3,(H,18,22)/t11-/m0/s1. The molecule has 0 spiro atoms. The molecule has 25 heavy (non-hydrogen) atoms. The van der Waals surface area contributed by atoms with Crippen molar-refractivity contribution in [2.24, 2.45) is 14.1 Å². The summed E-state index contributed by atoms with van der Waals surface area (Å²) in [5.41, 5.74) is -0.657. The fraction of sp³-hybridized carbons (Fsp3) is 0.294. The number of nitrogens with one attached hydrogen (secondary N) is 1. The number of Topliss-reactive ketones (excluding diaryl/α,β-unsaturated/α-hetero) is 1. The van der Waals surface area contributed by atoms with Crippen molar-refractivity contribution in [2.75, 3.05) is 5.32 Å². The number of carbonyl (C=O) groups excluding carboxylic acids is 2. The maximum Gasteiger partial charge on any atom is 0.330 e.